The van der Waals surface area contributed by atoms with Gasteiger partial charge in [-0.05, 0) is 24.6 Å². The molecule has 1 aromatic carbocycles. The molecular formula is C18H22F2N4O. The molecule has 1 saturated heterocycles. The Morgan fingerprint density at radius 1 is 1.36 bits per heavy atom. The minimum Gasteiger partial charge on any atom is -0.338 e. The lowest BCUT2D eigenvalue weighted by Crippen LogP contribution is -2.38. The van der Waals surface area contributed by atoms with Crippen LogP contribution in [0.25, 0.3) is 0 Å². The van der Waals surface area contributed by atoms with Gasteiger partial charge in [0, 0.05) is 44.9 Å². The van der Waals surface area contributed by atoms with Crippen LogP contribution in [0, 0.1) is 17.6 Å². The summed E-state index contributed by atoms with van der Waals surface area (Å²) in [6, 6.07) is 3.05. The highest BCUT2D eigenvalue weighted by atomic mass is 19.1. The fraction of sp³-hybridized carbons (Fsp3) is 0.444. The zero-order valence-electron chi connectivity index (χ0n) is 14.5. The predicted octanol–water partition coefficient (Wildman–Crippen LogP) is 2.22. The van der Waals surface area contributed by atoms with Crippen molar-refractivity contribution in [2.75, 3.05) is 20.1 Å². The van der Waals surface area contributed by atoms with Crippen LogP contribution in [0.15, 0.2) is 30.6 Å². The Morgan fingerprint density at radius 2 is 2.04 bits per heavy atom. The predicted molar refractivity (Wildman–Crippen MR) is 89.9 cm³/mol. The highest BCUT2D eigenvalue weighted by molar-refractivity contribution is 5.81. The Bertz CT molecular complexity index is 756. The number of halogens is 2. The van der Waals surface area contributed by atoms with Gasteiger partial charge < -0.3 is 10.2 Å². The van der Waals surface area contributed by atoms with Crippen LogP contribution in [0.5, 0.6) is 0 Å². The van der Waals surface area contributed by atoms with E-state index in [9.17, 15) is 13.6 Å². The summed E-state index contributed by atoms with van der Waals surface area (Å²) in [6.07, 6.45) is 3.66. The van der Waals surface area contributed by atoms with E-state index in [1.165, 1.54) is 23.1 Å². The topological polar surface area (TPSA) is 50.2 Å². The smallest absolute Gasteiger partial charge is 0.227 e. The van der Waals surface area contributed by atoms with Gasteiger partial charge >= 0.3 is 0 Å². The van der Waals surface area contributed by atoms with Gasteiger partial charge in [-0.15, -0.1) is 0 Å². The molecule has 1 aromatic heterocycles. The van der Waals surface area contributed by atoms with Crippen molar-refractivity contribution in [3.8, 4) is 0 Å². The van der Waals surface area contributed by atoms with Crippen molar-refractivity contribution in [3.63, 3.8) is 0 Å². The maximum atomic E-state index is 14.0. The standard InChI is InChI=1S/C18H22F2N4O/c1-11(17-15(19)5-4-6-16(17)20)24(3)18(25)14-9-21-8-13(14)12-7-22-23(2)10-12/h4-7,10-11,13-14,21H,8-9H2,1-3H3/t11?,13-,14+/m1/s1. The summed E-state index contributed by atoms with van der Waals surface area (Å²) in [5.74, 6) is -1.69. The molecule has 2 aromatic rings. The highest BCUT2D eigenvalue weighted by Crippen LogP contribution is 2.32. The van der Waals surface area contributed by atoms with Crippen molar-refractivity contribution in [1.82, 2.24) is 20.0 Å². The summed E-state index contributed by atoms with van der Waals surface area (Å²) in [7, 11) is 3.43. The Hall–Kier alpha value is -2.28. The fourth-order valence-electron chi connectivity index (χ4n) is 3.48. The van der Waals surface area contributed by atoms with E-state index in [2.05, 4.69) is 10.4 Å². The number of rotatable bonds is 4. The van der Waals surface area contributed by atoms with E-state index in [0.717, 1.165) is 5.56 Å². The maximum Gasteiger partial charge on any atom is 0.227 e. The number of nitrogens with one attached hydrogen (secondary N) is 1. The molecule has 1 N–H and O–H groups in total. The molecule has 1 amide bonds. The van der Waals surface area contributed by atoms with Gasteiger partial charge in [0.05, 0.1) is 18.2 Å². The molecule has 0 aliphatic carbocycles. The molecule has 134 valence electrons. The van der Waals surface area contributed by atoms with Crippen LogP contribution in [0.1, 0.15) is 30.0 Å². The summed E-state index contributed by atoms with van der Waals surface area (Å²) in [5, 5.41) is 7.41. The molecule has 5 nitrogen and oxygen atoms in total. The van der Waals surface area contributed by atoms with Crippen molar-refractivity contribution in [3.05, 3.63) is 53.4 Å². The second-order valence-electron chi connectivity index (χ2n) is 6.58. The van der Waals surface area contributed by atoms with Gasteiger partial charge in [0.1, 0.15) is 11.6 Å². The van der Waals surface area contributed by atoms with Gasteiger partial charge in [-0.1, -0.05) is 6.07 Å². The molecule has 0 bridgehead atoms. The van der Waals surface area contributed by atoms with E-state index in [4.69, 9.17) is 0 Å². The van der Waals surface area contributed by atoms with Gasteiger partial charge in [0.25, 0.3) is 0 Å². The van der Waals surface area contributed by atoms with Gasteiger partial charge in [0.15, 0.2) is 0 Å². The summed E-state index contributed by atoms with van der Waals surface area (Å²) in [4.78, 5) is 14.4. The molecule has 3 atom stereocenters. The van der Waals surface area contributed by atoms with Crippen molar-refractivity contribution >= 4 is 5.91 Å². The fourth-order valence-corrected chi connectivity index (χ4v) is 3.48. The molecule has 3 rings (SSSR count). The molecule has 1 unspecified atom stereocenters. The minimum atomic E-state index is -0.691. The second kappa shape index (κ2) is 6.92. The van der Waals surface area contributed by atoms with E-state index in [1.54, 1.807) is 24.9 Å². The number of carbonyl (C=O) groups excluding carboxylic acids is 1. The Balaban J connectivity index is 1.82. The Kier molecular flexibility index (Phi) is 4.85. The van der Waals surface area contributed by atoms with Crippen LogP contribution >= 0.6 is 0 Å². The summed E-state index contributed by atoms with van der Waals surface area (Å²) in [5.41, 5.74) is 0.909. The normalized spacial score (nSPS) is 21.3. The summed E-state index contributed by atoms with van der Waals surface area (Å²) < 4.78 is 29.8. The SMILES string of the molecule is CC(c1c(F)cccc1F)N(C)C(=O)[C@H]1CNC[C@@H]1c1cnn(C)c1. The molecule has 0 saturated carbocycles. The number of hydrogen-bond donors (Lipinski definition) is 1. The Morgan fingerprint density at radius 3 is 2.64 bits per heavy atom. The number of benzene rings is 1. The molecule has 0 spiro atoms. The summed E-state index contributed by atoms with van der Waals surface area (Å²) in [6.45, 7) is 2.86. The molecule has 25 heavy (non-hydrogen) atoms. The van der Waals surface area contributed by atoms with Crippen LogP contribution in [-0.4, -0.2) is 40.7 Å². The first-order valence-corrected chi connectivity index (χ1v) is 8.30. The van der Waals surface area contributed by atoms with E-state index in [-0.39, 0.29) is 23.3 Å². The molecule has 1 aliphatic rings. The molecule has 0 radical (unpaired) electrons. The van der Waals surface area contributed by atoms with Gasteiger partial charge in [-0.2, -0.15) is 5.10 Å². The first-order chi connectivity index (χ1) is 11.9. The monoisotopic (exact) mass is 348 g/mol. The van der Waals surface area contributed by atoms with Crippen LogP contribution in [-0.2, 0) is 11.8 Å². The third-order valence-electron chi connectivity index (χ3n) is 5.03. The lowest BCUT2D eigenvalue weighted by molar-refractivity contribution is -0.136. The first kappa shape index (κ1) is 17.5. The van der Waals surface area contributed by atoms with Crippen molar-refractivity contribution in [1.29, 1.82) is 0 Å². The van der Waals surface area contributed by atoms with Crippen molar-refractivity contribution in [2.45, 2.75) is 18.9 Å². The van der Waals surface area contributed by atoms with Crippen LogP contribution < -0.4 is 5.32 Å². The van der Waals surface area contributed by atoms with Gasteiger partial charge in [0.2, 0.25) is 5.91 Å². The number of hydrogen-bond acceptors (Lipinski definition) is 3. The van der Waals surface area contributed by atoms with Crippen LogP contribution in [0.3, 0.4) is 0 Å². The molecular weight excluding hydrogens is 326 g/mol. The average Bonchev–Trinajstić information content (AvgIpc) is 3.21. The van der Waals surface area contributed by atoms with E-state index < -0.39 is 17.7 Å². The van der Waals surface area contributed by atoms with Crippen molar-refractivity contribution < 1.29 is 13.6 Å². The van der Waals surface area contributed by atoms with Crippen LogP contribution in [0.2, 0.25) is 0 Å². The number of aromatic nitrogens is 2. The molecule has 7 heteroatoms. The largest absolute Gasteiger partial charge is 0.338 e. The van der Waals surface area contributed by atoms with Gasteiger partial charge in [-0.25, -0.2) is 8.78 Å². The first-order valence-electron chi connectivity index (χ1n) is 8.30. The van der Waals surface area contributed by atoms with Crippen LogP contribution in [0.4, 0.5) is 8.78 Å². The lowest BCUT2D eigenvalue weighted by Gasteiger charge is -2.30. The third-order valence-corrected chi connectivity index (χ3v) is 5.03. The van der Waals surface area contributed by atoms with Gasteiger partial charge in [-0.3, -0.25) is 9.48 Å². The highest BCUT2D eigenvalue weighted by Gasteiger charge is 2.38. The quantitative estimate of drug-likeness (QED) is 0.922. The zero-order chi connectivity index (χ0) is 18.1. The number of amides is 1. The van der Waals surface area contributed by atoms with E-state index in [1.807, 2.05) is 13.2 Å². The Labute approximate surface area is 145 Å². The second-order valence-corrected chi connectivity index (χ2v) is 6.58. The minimum absolute atomic E-state index is 0.00122. The summed E-state index contributed by atoms with van der Waals surface area (Å²) >= 11 is 0. The third kappa shape index (κ3) is 3.28. The maximum absolute atomic E-state index is 14.0. The van der Waals surface area contributed by atoms with E-state index in [0.29, 0.717) is 13.1 Å². The number of nitrogens with zero attached hydrogens (tertiary/aromatic N) is 3. The number of aryl methyl sites for hydroxylation is 1. The zero-order valence-corrected chi connectivity index (χ0v) is 14.5. The number of carbonyl (C=O) groups is 1. The lowest BCUT2D eigenvalue weighted by atomic mass is 9.89. The molecule has 1 aliphatic heterocycles. The molecule has 1 fully saturated rings. The molecule has 2 heterocycles. The van der Waals surface area contributed by atoms with Crippen molar-refractivity contribution in [2.24, 2.45) is 13.0 Å². The average molecular weight is 348 g/mol. The van der Waals surface area contributed by atoms with E-state index >= 15 is 0 Å².